The number of methoxy groups -OCH3 is 3. The number of nitrogens with one attached hydrogen (secondary N) is 1. The number of sulfonamides is 1. The predicted octanol–water partition coefficient (Wildman–Crippen LogP) is 3.76. The molecule has 0 radical (unpaired) electrons. The van der Waals surface area contributed by atoms with Gasteiger partial charge in [-0.2, -0.15) is 0 Å². The first-order valence-corrected chi connectivity index (χ1v) is 10.2. The molecule has 0 spiro atoms. The number of benzene rings is 2. The highest BCUT2D eigenvalue weighted by Crippen LogP contribution is 2.32. The second-order valence-electron chi connectivity index (χ2n) is 6.21. The molecule has 27 heavy (non-hydrogen) atoms. The fourth-order valence-corrected chi connectivity index (χ4v) is 4.60. The Morgan fingerprint density at radius 3 is 2.04 bits per heavy atom. The standard InChI is InChI=1S/C20H27NO5S/c1-7-16(15-8-9-18(25-5)19(12-15)26-6)21-27(22,23)20-11-10-17(24-4)13(2)14(20)3/h8-12,16,21H,7H2,1-6H3/t16-/m0/s1. The summed E-state index contributed by atoms with van der Waals surface area (Å²) < 4.78 is 44.7. The smallest absolute Gasteiger partial charge is 0.241 e. The first-order valence-electron chi connectivity index (χ1n) is 8.67. The van der Waals surface area contributed by atoms with Crippen LogP contribution in [0.25, 0.3) is 0 Å². The fourth-order valence-electron chi connectivity index (χ4n) is 2.99. The quantitative estimate of drug-likeness (QED) is 0.739. The van der Waals surface area contributed by atoms with Crippen LogP contribution in [0.4, 0.5) is 0 Å². The summed E-state index contributed by atoms with van der Waals surface area (Å²) in [5.74, 6) is 1.82. The van der Waals surface area contributed by atoms with Crippen LogP contribution < -0.4 is 18.9 Å². The molecule has 0 aliphatic heterocycles. The van der Waals surface area contributed by atoms with Gasteiger partial charge in [0.05, 0.1) is 26.2 Å². The maximum atomic E-state index is 13.0. The van der Waals surface area contributed by atoms with E-state index in [0.29, 0.717) is 29.2 Å². The molecule has 1 atom stereocenters. The van der Waals surface area contributed by atoms with Crippen LogP contribution in [-0.2, 0) is 10.0 Å². The monoisotopic (exact) mass is 393 g/mol. The average molecular weight is 394 g/mol. The van der Waals surface area contributed by atoms with Gasteiger partial charge in [-0.05, 0) is 61.2 Å². The molecule has 1 N–H and O–H groups in total. The van der Waals surface area contributed by atoms with Gasteiger partial charge in [0.15, 0.2) is 11.5 Å². The van der Waals surface area contributed by atoms with Gasteiger partial charge in [-0.3, -0.25) is 0 Å². The van der Waals surface area contributed by atoms with Crippen LogP contribution in [0.15, 0.2) is 35.2 Å². The van der Waals surface area contributed by atoms with Gasteiger partial charge in [0.1, 0.15) is 5.75 Å². The lowest BCUT2D eigenvalue weighted by Gasteiger charge is -2.20. The van der Waals surface area contributed by atoms with E-state index in [1.165, 1.54) is 0 Å². The van der Waals surface area contributed by atoms with Crippen LogP contribution in [0, 0.1) is 13.8 Å². The van der Waals surface area contributed by atoms with Crippen molar-refractivity contribution >= 4 is 10.0 Å². The Morgan fingerprint density at radius 2 is 1.48 bits per heavy atom. The molecule has 2 aromatic rings. The lowest BCUT2D eigenvalue weighted by atomic mass is 10.1. The topological polar surface area (TPSA) is 73.9 Å². The molecule has 0 fully saturated rings. The van der Waals surface area contributed by atoms with Gasteiger partial charge >= 0.3 is 0 Å². The minimum Gasteiger partial charge on any atom is -0.496 e. The number of hydrogen-bond acceptors (Lipinski definition) is 5. The highest BCUT2D eigenvalue weighted by atomic mass is 32.2. The van der Waals surface area contributed by atoms with E-state index in [-0.39, 0.29) is 4.90 Å². The molecule has 0 saturated carbocycles. The van der Waals surface area contributed by atoms with Gasteiger partial charge in [0.2, 0.25) is 10.0 Å². The third-order valence-corrected chi connectivity index (χ3v) is 6.33. The Bertz CT molecular complexity index is 909. The number of rotatable bonds is 8. The van der Waals surface area contributed by atoms with E-state index < -0.39 is 16.1 Å². The molecule has 0 aromatic heterocycles. The van der Waals surface area contributed by atoms with Crippen molar-refractivity contribution in [2.75, 3.05) is 21.3 Å². The molecule has 0 saturated heterocycles. The van der Waals surface area contributed by atoms with Gasteiger partial charge in [-0.25, -0.2) is 13.1 Å². The van der Waals surface area contributed by atoms with E-state index in [1.807, 2.05) is 19.9 Å². The van der Waals surface area contributed by atoms with Crippen molar-refractivity contribution < 1.29 is 22.6 Å². The maximum absolute atomic E-state index is 13.0. The Labute approximate surface area is 161 Å². The molecule has 7 heteroatoms. The van der Waals surface area contributed by atoms with Crippen molar-refractivity contribution in [2.24, 2.45) is 0 Å². The van der Waals surface area contributed by atoms with Gasteiger partial charge in [0.25, 0.3) is 0 Å². The van der Waals surface area contributed by atoms with Crippen LogP contribution >= 0.6 is 0 Å². The van der Waals surface area contributed by atoms with E-state index in [0.717, 1.165) is 11.1 Å². The molecule has 0 aliphatic rings. The third-order valence-electron chi connectivity index (χ3n) is 4.71. The molecular formula is C20H27NO5S. The molecule has 6 nitrogen and oxygen atoms in total. The minimum atomic E-state index is -3.71. The highest BCUT2D eigenvalue weighted by Gasteiger charge is 2.24. The summed E-state index contributed by atoms with van der Waals surface area (Å²) >= 11 is 0. The Kier molecular flexibility index (Phi) is 6.73. The Balaban J connectivity index is 2.39. The van der Waals surface area contributed by atoms with Crippen LogP contribution in [0.3, 0.4) is 0 Å². The van der Waals surface area contributed by atoms with Crippen molar-refractivity contribution in [2.45, 2.75) is 38.1 Å². The summed E-state index contributed by atoms with van der Waals surface area (Å²) in [6, 6.07) is 8.26. The normalized spacial score (nSPS) is 12.5. The van der Waals surface area contributed by atoms with Gasteiger partial charge in [-0.1, -0.05) is 13.0 Å². The van der Waals surface area contributed by atoms with E-state index in [4.69, 9.17) is 14.2 Å². The van der Waals surface area contributed by atoms with Crippen LogP contribution in [0.5, 0.6) is 17.2 Å². The molecule has 0 unspecified atom stereocenters. The van der Waals surface area contributed by atoms with Crippen LogP contribution in [0.1, 0.15) is 36.1 Å². The largest absolute Gasteiger partial charge is 0.496 e. The highest BCUT2D eigenvalue weighted by molar-refractivity contribution is 7.89. The summed E-state index contributed by atoms with van der Waals surface area (Å²) in [4.78, 5) is 0.250. The van der Waals surface area contributed by atoms with E-state index >= 15 is 0 Å². The summed E-state index contributed by atoms with van der Waals surface area (Å²) in [5.41, 5.74) is 2.28. The summed E-state index contributed by atoms with van der Waals surface area (Å²) in [7, 11) is 0.971. The number of hydrogen-bond donors (Lipinski definition) is 1. The molecule has 148 valence electrons. The molecule has 0 aliphatic carbocycles. The van der Waals surface area contributed by atoms with Crippen molar-refractivity contribution in [3.05, 3.63) is 47.0 Å². The molecule has 2 rings (SSSR count). The third kappa shape index (κ3) is 4.36. The summed E-state index contributed by atoms with van der Waals surface area (Å²) in [6.07, 6.45) is 0.586. The second-order valence-corrected chi connectivity index (χ2v) is 7.89. The zero-order valence-corrected chi connectivity index (χ0v) is 17.4. The molecule has 0 heterocycles. The van der Waals surface area contributed by atoms with Crippen molar-refractivity contribution in [3.8, 4) is 17.2 Å². The molecular weight excluding hydrogens is 366 g/mol. The van der Waals surface area contributed by atoms with Crippen molar-refractivity contribution in [1.82, 2.24) is 4.72 Å². The fraction of sp³-hybridized carbons (Fsp3) is 0.400. The summed E-state index contributed by atoms with van der Waals surface area (Å²) in [6.45, 7) is 5.55. The Morgan fingerprint density at radius 1 is 0.889 bits per heavy atom. The lowest BCUT2D eigenvalue weighted by Crippen LogP contribution is -2.29. The molecule has 2 aromatic carbocycles. The van der Waals surface area contributed by atoms with Gasteiger partial charge < -0.3 is 14.2 Å². The SMILES string of the molecule is CC[C@H](NS(=O)(=O)c1ccc(OC)c(C)c1C)c1ccc(OC)c(OC)c1. The summed E-state index contributed by atoms with van der Waals surface area (Å²) in [5, 5.41) is 0. The van der Waals surface area contributed by atoms with E-state index in [9.17, 15) is 8.42 Å². The van der Waals surface area contributed by atoms with Crippen molar-refractivity contribution in [1.29, 1.82) is 0 Å². The maximum Gasteiger partial charge on any atom is 0.241 e. The first kappa shape index (κ1) is 21.1. The van der Waals surface area contributed by atoms with E-state index in [2.05, 4.69) is 4.72 Å². The Hall–Kier alpha value is -2.25. The number of ether oxygens (including phenoxy) is 3. The molecule has 0 amide bonds. The second kappa shape index (κ2) is 8.63. The van der Waals surface area contributed by atoms with Crippen LogP contribution in [-0.4, -0.2) is 29.7 Å². The van der Waals surface area contributed by atoms with Crippen molar-refractivity contribution in [3.63, 3.8) is 0 Å². The van der Waals surface area contributed by atoms with E-state index in [1.54, 1.807) is 52.5 Å². The average Bonchev–Trinajstić information content (AvgIpc) is 2.67. The first-order chi connectivity index (χ1) is 12.8. The molecule has 0 bridgehead atoms. The predicted molar refractivity (Wildman–Crippen MR) is 105 cm³/mol. The zero-order valence-electron chi connectivity index (χ0n) is 16.6. The minimum absolute atomic E-state index is 0.250. The van der Waals surface area contributed by atoms with Gasteiger partial charge in [0, 0.05) is 6.04 Å². The van der Waals surface area contributed by atoms with Crippen LogP contribution in [0.2, 0.25) is 0 Å². The zero-order chi connectivity index (χ0) is 20.2. The van der Waals surface area contributed by atoms with Gasteiger partial charge in [-0.15, -0.1) is 0 Å². The lowest BCUT2D eigenvalue weighted by molar-refractivity contribution is 0.354.